The summed E-state index contributed by atoms with van der Waals surface area (Å²) in [6, 6.07) is 0.0234. The Hall–Kier alpha value is -1.79. The number of anilines is 1. The summed E-state index contributed by atoms with van der Waals surface area (Å²) in [5.41, 5.74) is 0. The summed E-state index contributed by atoms with van der Waals surface area (Å²) in [4.78, 5) is 15.8. The van der Waals surface area contributed by atoms with Crippen LogP contribution < -0.4 is 10.2 Å². The van der Waals surface area contributed by atoms with Crippen molar-refractivity contribution in [3.8, 4) is 0 Å². The predicted molar refractivity (Wildman–Crippen MR) is 73.3 cm³/mol. The number of carbonyl (C=O) groups is 1. The van der Waals surface area contributed by atoms with Crippen molar-refractivity contribution in [3.63, 3.8) is 0 Å². The third-order valence-electron chi connectivity index (χ3n) is 3.41. The molecule has 0 aliphatic carbocycles. The maximum Gasteiger partial charge on any atom is 0.317 e. The van der Waals surface area contributed by atoms with Crippen LogP contribution >= 0.6 is 0 Å². The van der Waals surface area contributed by atoms with Gasteiger partial charge >= 0.3 is 6.03 Å². The Bertz CT molecular complexity index is 435. The molecule has 1 fully saturated rings. The first-order valence-corrected chi connectivity index (χ1v) is 6.84. The molecule has 1 aliphatic heterocycles. The van der Waals surface area contributed by atoms with Gasteiger partial charge < -0.3 is 15.1 Å². The van der Waals surface area contributed by atoms with Gasteiger partial charge in [0.25, 0.3) is 0 Å². The van der Waals surface area contributed by atoms with E-state index in [1.54, 1.807) is 0 Å². The standard InChI is InChI=1S/C12H22N6O/c1-4-13-12(19)17-8-6-16(7-9-17)11-15-14-10(3)18(11)5-2/h4-9H2,1-3H3,(H,13,19). The molecule has 0 bridgehead atoms. The van der Waals surface area contributed by atoms with Crippen molar-refractivity contribution >= 4 is 12.0 Å². The van der Waals surface area contributed by atoms with Crippen molar-refractivity contribution in [2.75, 3.05) is 37.6 Å². The normalized spacial score (nSPS) is 15.7. The van der Waals surface area contributed by atoms with E-state index < -0.39 is 0 Å². The minimum Gasteiger partial charge on any atom is -0.338 e. The van der Waals surface area contributed by atoms with Crippen molar-refractivity contribution in [2.45, 2.75) is 27.3 Å². The first-order valence-electron chi connectivity index (χ1n) is 6.84. The summed E-state index contributed by atoms with van der Waals surface area (Å²) in [6.45, 7) is 10.6. The molecule has 2 amide bonds. The summed E-state index contributed by atoms with van der Waals surface area (Å²) in [7, 11) is 0. The van der Waals surface area contributed by atoms with Gasteiger partial charge in [-0.15, -0.1) is 10.2 Å². The predicted octanol–water partition coefficient (Wildman–Crippen LogP) is 0.458. The van der Waals surface area contributed by atoms with E-state index in [-0.39, 0.29) is 6.03 Å². The van der Waals surface area contributed by atoms with Crippen LogP contribution in [0.4, 0.5) is 10.7 Å². The van der Waals surface area contributed by atoms with E-state index in [0.29, 0.717) is 6.54 Å². The zero-order chi connectivity index (χ0) is 13.8. The van der Waals surface area contributed by atoms with Crippen LogP contribution in [-0.4, -0.2) is 58.4 Å². The molecule has 1 N–H and O–H groups in total. The first-order chi connectivity index (χ1) is 9.17. The number of amides is 2. The maximum atomic E-state index is 11.7. The van der Waals surface area contributed by atoms with E-state index in [0.717, 1.165) is 44.5 Å². The summed E-state index contributed by atoms with van der Waals surface area (Å²) in [6.07, 6.45) is 0. The molecule has 1 aliphatic rings. The number of aromatic nitrogens is 3. The summed E-state index contributed by atoms with van der Waals surface area (Å²) in [5.74, 6) is 1.85. The molecule has 7 nitrogen and oxygen atoms in total. The molecule has 19 heavy (non-hydrogen) atoms. The van der Waals surface area contributed by atoms with Crippen molar-refractivity contribution < 1.29 is 4.79 Å². The zero-order valence-corrected chi connectivity index (χ0v) is 11.9. The van der Waals surface area contributed by atoms with Crippen LogP contribution in [0.3, 0.4) is 0 Å². The van der Waals surface area contributed by atoms with Crippen LogP contribution in [0.25, 0.3) is 0 Å². The highest BCUT2D eigenvalue weighted by molar-refractivity contribution is 5.74. The number of nitrogens with zero attached hydrogens (tertiary/aromatic N) is 5. The molecule has 0 atom stereocenters. The molecule has 106 valence electrons. The average molecular weight is 266 g/mol. The first kappa shape index (κ1) is 13.6. The Balaban J connectivity index is 1.98. The molecule has 1 aromatic rings. The van der Waals surface area contributed by atoms with Crippen molar-refractivity contribution in [1.82, 2.24) is 25.0 Å². The molecule has 0 spiro atoms. The Kier molecular flexibility index (Phi) is 4.24. The highest BCUT2D eigenvalue weighted by atomic mass is 16.2. The van der Waals surface area contributed by atoms with Gasteiger partial charge in [-0.1, -0.05) is 0 Å². The lowest BCUT2D eigenvalue weighted by Crippen LogP contribution is -2.52. The molecule has 0 unspecified atom stereocenters. The van der Waals surface area contributed by atoms with E-state index in [2.05, 4.69) is 31.9 Å². The fraction of sp³-hybridized carbons (Fsp3) is 0.750. The van der Waals surface area contributed by atoms with Gasteiger partial charge in [0.2, 0.25) is 5.95 Å². The molecule has 0 radical (unpaired) electrons. The number of urea groups is 1. The van der Waals surface area contributed by atoms with E-state index in [1.165, 1.54) is 0 Å². The van der Waals surface area contributed by atoms with E-state index in [1.807, 2.05) is 18.7 Å². The highest BCUT2D eigenvalue weighted by Crippen LogP contribution is 2.15. The minimum atomic E-state index is 0.0234. The van der Waals surface area contributed by atoms with Gasteiger partial charge in [0.15, 0.2) is 0 Å². The number of rotatable bonds is 3. The lowest BCUT2D eigenvalue weighted by molar-refractivity contribution is 0.194. The topological polar surface area (TPSA) is 66.3 Å². The van der Waals surface area contributed by atoms with Crippen LogP contribution in [0.15, 0.2) is 0 Å². The number of hydrogen-bond donors (Lipinski definition) is 1. The van der Waals surface area contributed by atoms with Crippen molar-refractivity contribution in [1.29, 1.82) is 0 Å². The van der Waals surface area contributed by atoms with Gasteiger partial charge in [-0.05, 0) is 20.8 Å². The largest absolute Gasteiger partial charge is 0.338 e. The number of carbonyl (C=O) groups excluding carboxylic acids is 1. The van der Waals surface area contributed by atoms with Gasteiger partial charge in [-0.2, -0.15) is 0 Å². The van der Waals surface area contributed by atoms with Crippen LogP contribution in [0.5, 0.6) is 0 Å². The number of aryl methyl sites for hydroxylation is 1. The average Bonchev–Trinajstić information content (AvgIpc) is 2.80. The van der Waals surface area contributed by atoms with Gasteiger partial charge in [0.05, 0.1) is 0 Å². The second-order valence-corrected chi connectivity index (χ2v) is 4.60. The van der Waals surface area contributed by atoms with Crippen molar-refractivity contribution in [2.24, 2.45) is 0 Å². The molecule has 0 saturated carbocycles. The summed E-state index contributed by atoms with van der Waals surface area (Å²) >= 11 is 0. The smallest absolute Gasteiger partial charge is 0.317 e. The Morgan fingerprint density at radius 2 is 1.89 bits per heavy atom. The molecule has 1 saturated heterocycles. The highest BCUT2D eigenvalue weighted by Gasteiger charge is 2.23. The van der Waals surface area contributed by atoms with Gasteiger partial charge in [0.1, 0.15) is 5.82 Å². The lowest BCUT2D eigenvalue weighted by Gasteiger charge is -2.35. The minimum absolute atomic E-state index is 0.0234. The third kappa shape index (κ3) is 2.80. The van der Waals surface area contributed by atoms with E-state index >= 15 is 0 Å². The zero-order valence-electron chi connectivity index (χ0n) is 11.9. The Labute approximate surface area is 113 Å². The second kappa shape index (κ2) is 5.90. The molecule has 7 heteroatoms. The second-order valence-electron chi connectivity index (χ2n) is 4.60. The molecule has 2 rings (SSSR count). The number of piperazine rings is 1. The van der Waals surface area contributed by atoms with Gasteiger partial charge in [-0.25, -0.2) is 4.79 Å². The summed E-state index contributed by atoms with van der Waals surface area (Å²) in [5, 5.41) is 11.2. The van der Waals surface area contributed by atoms with E-state index in [9.17, 15) is 4.79 Å². The van der Waals surface area contributed by atoms with Crippen molar-refractivity contribution in [3.05, 3.63) is 5.82 Å². The van der Waals surface area contributed by atoms with Crippen LogP contribution in [0, 0.1) is 6.92 Å². The quantitative estimate of drug-likeness (QED) is 0.863. The third-order valence-corrected chi connectivity index (χ3v) is 3.41. The summed E-state index contributed by atoms with van der Waals surface area (Å²) < 4.78 is 2.10. The fourth-order valence-corrected chi connectivity index (χ4v) is 2.35. The molecular weight excluding hydrogens is 244 g/mol. The lowest BCUT2D eigenvalue weighted by atomic mass is 10.3. The monoisotopic (exact) mass is 266 g/mol. The Morgan fingerprint density at radius 3 is 2.47 bits per heavy atom. The molecule has 1 aromatic heterocycles. The van der Waals surface area contributed by atoms with Crippen LogP contribution in [0.2, 0.25) is 0 Å². The number of nitrogens with one attached hydrogen (secondary N) is 1. The molecule has 0 aromatic carbocycles. The van der Waals surface area contributed by atoms with Gasteiger partial charge in [-0.3, -0.25) is 4.57 Å². The van der Waals surface area contributed by atoms with Crippen LogP contribution in [0.1, 0.15) is 19.7 Å². The molecular formula is C12H22N6O. The molecule has 2 heterocycles. The number of hydrogen-bond acceptors (Lipinski definition) is 4. The van der Waals surface area contributed by atoms with E-state index in [4.69, 9.17) is 0 Å². The maximum absolute atomic E-state index is 11.7. The SMILES string of the molecule is CCNC(=O)N1CCN(c2nnc(C)n2CC)CC1. The fourth-order valence-electron chi connectivity index (χ4n) is 2.35. The van der Waals surface area contributed by atoms with Gasteiger partial charge in [0, 0.05) is 39.3 Å². The Morgan fingerprint density at radius 1 is 1.21 bits per heavy atom. The van der Waals surface area contributed by atoms with Crippen LogP contribution in [-0.2, 0) is 6.54 Å².